The van der Waals surface area contributed by atoms with E-state index in [0.717, 1.165) is 36.0 Å². The zero-order valence-electron chi connectivity index (χ0n) is 12.1. The van der Waals surface area contributed by atoms with Gasteiger partial charge in [-0.3, -0.25) is 0 Å². The van der Waals surface area contributed by atoms with Gasteiger partial charge in [-0.2, -0.15) is 0 Å². The Labute approximate surface area is 114 Å². The third kappa shape index (κ3) is 5.12. The second kappa shape index (κ2) is 6.92. The van der Waals surface area contributed by atoms with Gasteiger partial charge in [-0.15, -0.1) is 0 Å². The second-order valence-corrected chi connectivity index (χ2v) is 5.18. The molecule has 19 heavy (non-hydrogen) atoms. The number of hydrogen-bond donors (Lipinski definition) is 1. The van der Waals surface area contributed by atoms with Gasteiger partial charge < -0.3 is 10.0 Å². The van der Waals surface area contributed by atoms with Crippen LogP contribution in [-0.4, -0.2) is 29.7 Å². The normalized spacial score (nSPS) is 11.2. The van der Waals surface area contributed by atoms with Crippen molar-refractivity contribution < 1.29 is 9.90 Å². The number of anilines is 1. The van der Waals surface area contributed by atoms with E-state index in [1.54, 1.807) is 12.3 Å². The minimum Gasteiger partial charge on any atom is -0.478 e. The molecule has 0 aliphatic carbocycles. The van der Waals surface area contributed by atoms with Crippen LogP contribution in [0.4, 0.5) is 5.82 Å². The molecule has 4 nitrogen and oxygen atoms in total. The van der Waals surface area contributed by atoms with Gasteiger partial charge in [-0.25, -0.2) is 9.78 Å². The first-order valence-electron chi connectivity index (χ1n) is 6.49. The number of carbonyl (C=O) groups is 1. The first kappa shape index (κ1) is 15.2. The van der Waals surface area contributed by atoms with Gasteiger partial charge in [0.1, 0.15) is 5.82 Å². The summed E-state index contributed by atoms with van der Waals surface area (Å²) in [6.07, 6.45) is 5.50. The molecule has 0 aromatic carbocycles. The highest BCUT2D eigenvalue weighted by atomic mass is 16.4. The third-order valence-electron chi connectivity index (χ3n) is 2.89. The van der Waals surface area contributed by atoms with Gasteiger partial charge in [0.25, 0.3) is 0 Å². The number of rotatable bonds is 6. The zero-order valence-corrected chi connectivity index (χ0v) is 12.1. The first-order chi connectivity index (χ1) is 8.90. The summed E-state index contributed by atoms with van der Waals surface area (Å²) >= 11 is 0. The molecule has 0 aliphatic heterocycles. The lowest BCUT2D eigenvalue weighted by molar-refractivity contribution is -0.131. The Bertz CT molecular complexity index is 467. The number of hydrogen-bond acceptors (Lipinski definition) is 3. The third-order valence-corrected chi connectivity index (χ3v) is 2.89. The van der Waals surface area contributed by atoms with E-state index in [0.29, 0.717) is 5.92 Å². The fourth-order valence-electron chi connectivity index (χ4n) is 1.81. The molecule has 1 aromatic rings. The fourth-order valence-corrected chi connectivity index (χ4v) is 1.81. The molecule has 0 radical (unpaired) electrons. The topological polar surface area (TPSA) is 53.4 Å². The second-order valence-electron chi connectivity index (χ2n) is 5.18. The number of nitrogens with zero attached hydrogens (tertiary/aromatic N) is 2. The van der Waals surface area contributed by atoms with Gasteiger partial charge in [0.2, 0.25) is 0 Å². The molecule has 4 heteroatoms. The van der Waals surface area contributed by atoms with Gasteiger partial charge in [-0.05, 0) is 42.5 Å². The Morgan fingerprint density at radius 3 is 2.74 bits per heavy atom. The smallest absolute Gasteiger partial charge is 0.328 e. The maximum Gasteiger partial charge on any atom is 0.328 e. The summed E-state index contributed by atoms with van der Waals surface area (Å²) in [6.45, 7) is 7.37. The summed E-state index contributed by atoms with van der Waals surface area (Å²) in [7, 11) is 2.03. The van der Waals surface area contributed by atoms with Crippen molar-refractivity contribution in [2.45, 2.75) is 27.2 Å². The largest absolute Gasteiger partial charge is 0.478 e. The summed E-state index contributed by atoms with van der Waals surface area (Å²) in [6, 6.07) is 1.95. The van der Waals surface area contributed by atoms with Crippen molar-refractivity contribution in [1.29, 1.82) is 0 Å². The summed E-state index contributed by atoms with van der Waals surface area (Å²) in [5.74, 6) is 0.671. The van der Waals surface area contributed by atoms with Crippen molar-refractivity contribution in [1.82, 2.24) is 4.98 Å². The molecule has 0 fully saturated rings. The average Bonchev–Trinajstić information content (AvgIpc) is 2.33. The van der Waals surface area contributed by atoms with Gasteiger partial charge in [0, 0.05) is 25.9 Å². The van der Waals surface area contributed by atoms with Crippen LogP contribution >= 0.6 is 0 Å². The quantitative estimate of drug-likeness (QED) is 0.801. The summed E-state index contributed by atoms with van der Waals surface area (Å²) in [5, 5.41) is 8.59. The molecular weight excluding hydrogens is 240 g/mol. The van der Waals surface area contributed by atoms with Crippen LogP contribution in [0.5, 0.6) is 0 Å². The van der Waals surface area contributed by atoms with Crippen LogP contribution in [0.1, 0.15) is 31.4 Å². The molecule has 0 unspecified atom stereocenters. The van der Waals surface area contributed by atoms with Crippen LogP contribution in [0, 0.1) is 12.8 Å². The molecule has 0 aliphatic rings. The molecule has 1 aromatic heterocycles. The van der Waals surface area contributed by atoms with Gasteiger partial charge in [-0.1, -0.05) is 13.8 Å². The first-order valence-corrected chi connectivity index (χ1v) is 6.49. The highest BCUT2D eigenvalue weighted by Crippen LogP contribution is 2.18. The summed E-state index contributed by atoms with van der Waals surface area (Å²) < 4.78 is 0. The van der Waals surface area contributed by atoms with Crippen LogP contribution < -0.4 is 4.90 Å². The van der Waals surface area contributed by atoms with Crippen LogP contribution in [-0.2, 0) is 4.79 Å². The van der Waals surface area contributed by atoms with Gasteiger partial charge in [0.05, 0.1) is 0 Å². The van der Waals surface area contributed by atoms with Crippen molar-refractivity contribution in [3.8, 4) is 0 Å². The molecular formula is C15H22N2O2. The zero-order chi connectivity index (χ0) is 14.4. The number of carboxylic acids is 1. The van der Waals surface area contributed by atoms with Crippen molar-refractivity contribution in [2.75, 3.05) is 18.5 Å². The molecule has 0 spiro atoms. The number of aliphatic carboxylic acids is 1. The Morgan fingerprint density at radius 2 is 2.21 bits per heavy atom. The molecule has 0 saturated carbocycles. The number of aryl methyl sites for hydroxylation is 1. The molecule has 1 rings (SSSR count). The molecule has 1 heterocycles. The molecule has 0 atom stereocenters. The van der Waals surface area contributed by atoms with Crippen molar-refractivity contribution in [3.05, 3.63) is 29.5 Å². The van der Waals surface area contributed by atoms with Crippen molar-refractivity contribution >= 4 is 17.9 Å². The standard InChI is InChI=1S/C15H22N2O2/c1-11(2)7-8-17(4)15-12(3)9-13(10-16-15)5-6-14(18)19/h5-6,9-11H,7-8H2,1-4H3,(H,18,19)/b6-5+. The lowest BCUT2D eigenvalue weighted by Crippen LogP contribution is -2.21. The molecule has 0 saturated heterocycles. The van der Waals surface area contributed by atoms with Crippen LogP contribution in [0.25, 0.3) is 6.08 Å². The van der Waals surface area contributed by atoms with Gasteiger partial charge >= 0.3 is 5.97 Å². The predicted molar refractivity (Wildman–Crippen MR) is 78.4 cm³/mol. The van der Waals surface area contributed by atoms with Crippen LogP contribution in [0.2, 0.25) is 0 Å². The van der Waals surface area contributed by atoms with Gasteiger partial charge in [0.15, 0.2) is 0 Å². The maximum absolute atomic E-state index is 10.5. The minimum absolute atomic E-state index is 0.667. The highest BCUT2D eigenvalue weighted by Gasteiger charge is 2.07. The Hall–Kier alpha value is -1.84. The van der Waals surface area contributed by atoms with Crippen molar-refractivity contribution in [3.63, 3.8) is 0 Å². The highest BCUT2D eigenvalue weighted by molar-refractivity contribution is 5.85. The van der Waals surface area contributed by atoms with Crippen LogP contribution in [0.15, 0.2) is 18.3 Å². The fraction of sp³-hybridized carbons (Fsp3) is 0.467. The van der Waals surface area contributed by atoms with Crippen molar-refractivity contribution in [2.24, 2.45) is 5.92 Å². The Morgan fingerprint density at radius 1 is 1.53 bits per heavy atom. The van der Waals surface area contributed by atoms with Crippen LogP contribution in [0.3, 0.4) is 0 Å². The minimum atomic E-state index is -0.948. The average molecular weight is 262 g/mol. The van der Waals surface area contributed by atoms with E-state index in [9.17, 15) is 4.79 Å². The van der Waals surface area contributed by atoms with E-state index in [-0.39, 0.29) is 0 Å². The summed E-state index contributed by atoms with van der Waals surface area (Å²) in [4.78, 5) is 17.0. The van der Waals surface area contributed by atoms with E-state index in [4.69, 9.17) is 5.11 Å². The van der Waals surface area contributed by atoms with E-state index in [1.165, 1.54) is 0 Å². The lowest BCUT2D eigenvalue weighted by Gasteiger charge is -2.21. The molecule has 1 N–H and O–H groups in total. The maximum atomic E-state index is 10.5. The Balaban J connectivity index is 2.79. The predicted octanol–water partition coefficient (Wildman–Crippen LogP) is 2.97. The molecule has 0 amide bonds. The van der Waals surface area contributed by atoms with E-state index in [2.05, 4.69) is 23.7 Å². The summed E-state index contributed by atoms with van der Waals surface area (Å²) in [5.41, 5.74) is 1.86. The molecule has 0 bridgehead atoms. The lowest BCUT2D eigenvalue weighted by atomic mass is 10.1. The number of pyridine rings is 1. The van der Waals surface area contributed by atoms with E-state index >= 15 is 0 Å². The monoisotopic (exact) mass is 262 g/mol. The number of aromatic nitrogens is 1. The number of carboxylic acid groups (broad SMARTS) is 1. The van der Waals surface area contributed by atoms with E-state index < -0.39 is 5.97 Å². The van der Waals surface area contributed by atoms with E-state index in [1.807, 2.05) is 20.0 Å². The SMILES string of the molecule is Cc1cc(/C=C/C(=O)O)cnc1N(C)CCC(C)C. The molecule has 104 valence electrons. The Kier molecular flexibility index (Phi) is 5.55.